The lowest BCUT2D eigenvalue weighted by atomic mass is 10.2. The number of hydrogen-bond donors (Lipinski definition) is 0. The number of rotatable bonds is 4. The first kappa shape index (κ1) is 14.7. The molecule has 7 heteroatoms. The highest BCUT2D eigenvalue weighted by molar-refractivity contribution is 8.13. The Morgan fingerprint density at radius 1 is 1.33 bits per heavy atom. The minimum Gasteiger partial charge on any atom is -0.379 e. The van der Waals surface area contributed by atoms with E-state index in [1.54, 1.807) is 0 Å². The molecule has 2 aliphatic heterocycles. The topological polar surface area (TPSA) is 45.9 Å². The molecule has 0 amide bonds. The van der Waals surface area contributed by atoms with Crippen molar-refractivity contribution in [2.75, 3.05) is 46.2 Å². The van der Waals surface area contributed by atoms with Gasteiger partial charge in [0, 0.05) is 38.9 Å². The molecule has 1 aromatic rings. The largest absolute Gasteiger partial charge is 0.379 e. The van der Waals surface area contributed by atoms with Crippen molar-refractivity contribution in [1.29, 1.82) is 0 Å². The van der Waals surface area contributed by atoms with Crippen molar-refractivity contribution in [2.45, 2.75) is 13.5 Å². The molecule has 6 nitrogen and oxygen atoms in total. The monoisotopic (exact) mass is 308 g/mol. The molecule has 1 aromatic heterocycles. The van der Waals surface area contributed by atoms with Crippen LogP contribution >= 0.6 is 10.7 Å². The quantitative estimate of drug-likeness (QED) is 0.767. The first-order valence-corrected chi connectivity index (χ1v) is 8.81. The van der Waals surface area contributed by atoms with E-state index in [-0.39, 0.29) is 10.7 Å². The first-order valence-electron chi connectivity index (χ1n) is 7.22. The second-order valence-corrected chi connectivity index (χ2v) is 7.01. The van der Waals surface area contributed by atoms with E-state index in [2.05, 4.69) is 38.1 Å². The van der Waals surface area contributed by atoms with Crippen molar-refractivity contribution in [3.8, 4) is 0 Å². The minimum absolute atomic E-state index is 0.0465. The van der Waals surface area contributed by atoms with Crippen LogP contribution in [0.15, 0.2) is 11.4 Å². The minimum atomic E-state index is -0.0465. The summed E-state index contributed by atoms with van der Waals surface area (Å²) >= 11 is 0. The average Bonchev–Trinajstić information content (AvgIpc) is 3.01. The van der Waals surface area contributed by atoms with Gasteiger partial charge in [0.15, 0.2) is 0 Å². The van der Waals surface area contributed by atoms with Gasteiger partial charge in [-0.2, -0.15) is 5.10 Å². The molecule has 2 aliphatic rings. The molecule has 0 bridgehead atoms. The number of nitrogens with zero attached hydrogens (tertiary/aromatic N) is 5. The number of hydrogen-bond acceptors (Lipinski definition) is 5. The van der Waals surface area contributed by atoms with E-state index in [4.69, 9.17) is 4.74 Å². The Morgan fingerprint density at radius 3 is 2.76 bits per heavy atom. The van der Waals surface area contributed by atoms with Crippen LogP contribution in [0.4, 0.5) is 0 Å². The molecule has 0 spiro atoms. The second-order valence-electron chi connectivity index (χ2n) is 5.32. The fraction of sp³-hybridized carbons (Fsp3) is 0.643. The summed E-state index contributed by atoms with van der Waals surface area (Å²) in [6.07, 6.45) is 4.03. The summed E-state index contributed by atoms with van der Waals surface area (Å²) in [4.78, 5) is 6.97. The van der Waals surface area contributed by atoms with Crippen molar-refractivity contribution < 1.29 is 4.74 Å². The standard InChI is InChI=1S/C14H22N5OS/c1-12-14(13-10-21(3)17(2)16-13)15-11-19(12)5-4-18-6-8-20-9-7-18/h11H,4-9H2,1-3H3. The van der Waals surface area contributed by atoms with E-state index >= 15 is 0 Å². The van der Waals surface area contributed by atoms with Gasteiger partial charge < -0.3 is 9.30 Å². The second kappa shape index (κ2) is 6.29. The van der Waals surface area contributed by atoms with E-state index in [9.17, 15) is 0 Å². The maximum absolute atomic E-state index is 5.38. The Kier molecular flexibility index (Phi) is 4.42. The van der Waals surface area contributed by atoms with Gasteiger partial charge >= 0.3 is 0 Å². The fourth-order valence-corrected chi connectivity index (χ4v) is 3.25. The Labute approximate surface area is 128 Å². The van der Waals surface area contributed by atoms with Gasteiger partial charge in [0.1, 0.15) is 11.4 Å². The zero-order valence-electron chi connectivity index (χ0n) is 12.9. The molecule has 1 radical (unpaired) electrons. The highest BCUT2D eigenvalue weighted by Crippen LogP contribution is 2.21. The van der Waals surface area contributed by atoms with Crippen LogP contribution in [0.2, 0.25) is 0 Å². The van der Waals surface area contributed by atoms with Gasteiger partial charge in [0.2, 0.25) is 0 Å². The van der Waals surface area contributed by atoms with Gasteiger partial charge in [-0.3, -0.25) is 4.90 Å². The molecule has 3 heterocycles. The molecule has 115 valence electrons. The third-order valence-corrected chi connectivity index (χ3v) is 5.33. The average molecular weight is 308 g/mol. The molecular weight excluding hydrogens is 286 g/mol. The van der Waals surface area contributed by atoms with Crippen LogP contribution in [0, 0.1) is 6.92 Å². The van der Waals surface area contributed by atoms with Crippen LogP contribution in [-0.2, 0) is 11.3 Å². The van der Waals surface area contributed by atoms with Crippen LogP contribution in [0.25, 0.3) is 0 Å². The van der Waals surface area contributed by atoms with Gasteiger partial charge in [-0.15, -0.1) is 0 Å². The van der Waals surface area contributed by atoms with Crippen LogP contribution in [0.5, 0.6) is 0 Å². The third-order valence-electron chi connectivity index (χ3n) is 3.97. The van der Waals surface area contributed by atoms with Crippen LogP contribution in [0.3, 0.4) is 0 Å². The Morgan fingerprint density at radius 2 is 2.10 bits per heavy atom. The molecular formula is C14H22N5OS. The van der Waals surface area contributed by atoms with E-state index in [0.717, 1.165) is 50.8 Å². The van der Waals surface area contributed by atoms with E-state index < -0.39 is 0 Å². The van der Waals surface area contributed by atoms with Crippen molar-refractivity contribution in [1.82, 2.24) is 18.9 Å². The molecule has 0 aromatic carbocycles. The summed E-state index contributed by atoms with van der Waals surface area (Å²) in [5, 5.41) is 7.89. The predicted octanol–water partition coefficient (Wildman–Crippen LogP) is 0.666. The lowest BCUT2D eigenvalue weighted by Crippen LogP contribution is -2.38. The molecule has 3 rings (SSSR count). The van der Waals surface area contributed by atoms with E-state index in [1.807, 2.05) is 17.8 Å². The van der Waals surface area contributed by atoms with Gasteiger partial charge in [-0.05, 0) is 13.2 Å². The predicted molar refractivity (Wildman–Crippen MR) is 87.0 cm³/mol. The summed E-state index contributed by atoms with van der Waals surface area (Å²) in [6, 6.07) is 0. The molecule has 1 atom stereocenters. The zero-order valence-corrected chi connectivity index (χ0v) is 13.7. The summed E-state index contributed by atoms with van der Waals surface area (Å²) in [5.74, 6) is 0. The normalized spacial score (nSPS) is 23.3. The summed E-state index contributed by atoms with van der Waals surface area (Å²) in [5.41, 5.74) is 3.01. The summed E-state index contributed by atoms with van der Waals surface area (Å²) < 4.78 is 9.53. The maximum atomic E-state index is 5.38. The molecule has 0 N–H and O–H groups in total. The Balaban J connectivity index is 1.67. The molecule has 0 aliphatic carbocycles. The smallest absolute Gasteiger partial charge is 0.127 e. The van der Waals surface area contributed by atoms with Gasteiger partial charge in [-0.25, -0.2) is 9.40 Å². The summed E-state index contributed by atoms with van der Waals surface area (Å²) in [6.45, 7) is 7.85. The molecule has 1 saturated heterocycles. The lowest BCUT2D eigenvalue weighted by Gasteiger charge is -2.26. The number of ether oxygens (including phenoxy) is 1. The van der Waals surface area contributed by atoms with Gasteiger partial charge in [0.25, 0.3) is 0 Å². The Bertz CT molecular complexity index is 574. The van der Waals surface area contributed by atoms with Crippen molar-refractivity contribution in [3.05, 3.63) is 17.7 Å². The lowest BCUT2D eigenvalue weighted by molar-refractivity contribution is 0.0363. The SMILES string of the molecule is Cc1c(C2=NN(C)S(C)=[C]2)ncn1CCN1CCOCC1. The van der Waals surface area contributed by atoms with Crippen molar-refractivity contribution >= 4 is 21.7 Å². The third kappa shape index (κ3) is 3.20. The fourth-order valence-electron chi connectivity index (χ4n) is 2.50. The Hall–Kier alpha value is -1.18. The molecule has 1 unspecified atom stereocenters. The van der Waals surface area contributed by atoms with Gasteiger partial charge in [0.05, 0.1) is 24.9 Å². The molecule has 1 fully saturated rings. The summed E-state index contributed by atoms with van der Waals surface area (Å²) in [7, 11) is 1.93. The van der Waals surface area contributed by atoms with Crippen molar-refractivity contribution in [3.63, 3.8) is 0 Å². The highest BCUT2D eigenvalue weighted by atomic mass is 32.2. The van der Waals surface area contributed by atoms with E-state index in [0.29, 0.717) is 0 Å². The number of aromatic nitrogens is 2. The molecule has 21 heavy (non-hydrogen) atoms. The maximum Gasteiger partial charge on any atom is 0.127 e. The van der Waals surface area contributed by atoms with Crippen LogP contribution < -0.4 is 0 Å². The van der Waals surface area contributed by atoms with Crippen LogP contribution in [0.1, 0.15) is 11.4 Å². The highest BCUT2D eigenvalue weighted by Gasteiger charge is 2.18. The number of imidazole rings is 1. The van der Waals surface area contributed by atoms with Gasteiger partial charge in [-0.1, -0.05) is 10.7 Å². The number of morpholine rings is 1. The van der Waals surface area contributed by atoms with Crippen LogP contribution in [-0.4, -0.2) is 76.1 Å². The zero-order chi connectivity index (χ0) is 14.8. The van der Waals surface area contributed by atoms with Crippen molar-refractivity contribution in [2.24, 2.45) is 5.10 Å². The molecule has 0 saturated carbocycles. The number of hydrazone groups is 1. The van der Waals surface area contributed by atoms with E-state index in [1.165, 1.54) is 5.69 Å². The first-order chi connectivity index (χ1) is 10.1.